The third kappa shape index (κ3) is 2.25. The van der Waals surface area contributed by atoms with Crippen LogP contribution in [0.3, 0.4) is 0 Å². The van der Waals surface area contributed by atoms with E-state index in [1.165, 1.54) is 21.3 Å². The Hall–Kier alpha value is -3.36. The van der Waals surface area contributed by atoms with Gasteiger partial charge in [0.2, 0.25) is 0 Å². The van der Waals surface area contributed by atoms with Gasteiger partial charge in [0.05, 0.1) is 38.4 Å². The van der Waals surface area contributed by atoms with E-state index in [9.17, 15) is 14.4 Å². The van der Waals surface area contributed by atoms with E-state index in [4.69, 9.17) is 14.2 Å². The van der Waals surface area contributed by atoms with Gasteiger partial charge < -0.3 is 24.8 Å². The molecule has 2 unspecified atom stereocenters. The van der Waals surface area contributed by atoms with Crippen LogP contribution in [-0.4, -0.2) is 57.2 Å². The normalized spacial score (nSPS) is 26.8. The summed E-state index contributed by atoms with van der Waals surface area (Å²) < 4.78 is 14.7. The van der Waals surface area contributed by atoms with Gasteiger partial charge in [-0.05, 0) is 18.1 Å². The fraction of sp³-hybridized carbons (Fsp3) is 0.368. The van der Waals surface area contributed by atoms with E-state index < -0.39 is 35.4 Å². The van der Waals surface area contributed by atoms with Gasteiger partial charge in [0.1, 0.15) is 11.5 Å². The number of carbonyl (C=O) groups excluding carboxylic acids is 3. The number of carbonyl (C=O) groups is 3. The standard InChI is InChI=1S/C19H19N3O6/c1-26-15(23)11-8-19-9-6-4-5-7-10(9)20-14(19)12(16(24)27-2)13(17(25)28-3)22-18(19)21-11/h4-7,11,14,20H,8H2,1-3H3,(H,21,22)/t11?,14?,19-/m0/s1. The maximum atomic E-state index is 12.6. The Balaban J connectivity index is 1.95. The predicted octanol–water partition coefficient (Wildman–Crippen LogP) is 0.266. The maximum Gasteiger partial charge on any atom is 0.355 e. The van der Waals surface area contributed by atoms with Crippen LogP contribution in [0, 0.1) is 0 Å². The minimum Gasteiger partial charge on any atom is -0.467 e. The summed E-state index contributed by atoms with van der Waals surface area (Å²) in [6, 6.07) is 6.10. The summed E-state index contributed by atoms with van der Waals surface area (Å²) in [5.74, 6) is -1.46. The number of hydrogen-bond donors (Lipinski definition) is 2. The quantitative estimate of drug-likeness (QED) is 0.563. The highest BCUT2D eigenvalue weighted by atomic mass is 16.5. The molecule has 4 rings (SSSR count). The van der Waals surface area contributed by atoms with E-state index in [-0.39, 0.29) is 17.7 Å². The zero-order chi connectivity index (χ0) is 20.1. The number of nitrogens with zero attached hydrogens (tertiary/aromatic N) is 1. The number of para-hydroxylation sites is 1. The van der Waals surface area contributed by atoms with Crippen molar-refractivity contribution >= 4 is 29.4 Å². The predicted molar refractivity (Wildman–Crippen MR) is 97.6 cm³/mol. The Morgan fingerprint density at radius 3 is 2.46 bits per heavy atom. The summed E-state index contributed by atoms with van der Waals surface area (Å²) in [6.45, 7) is 0. The topological polar surface area (TPSA) is 115 Å². The molecule has 3 heterocycles. The number of ether oxygens (including phenoxy) is 3. The first-order valence-corrected chi connectivity index (χ1v) is 8.68. The molecule has 1 aromatic carbocycles. The minimum atomic E-state index is -0.837. The van der Waals surface area contributed by atoms with Crippen LogP contribution in [0.25, 0.3) is 0 Å². The molecule has 0 saturated carbocycles. The molecule has 9 heteroatoms. The lowest BCUT2D eigenvalue weighted by Gasteiger charge is -2.38. The third-order valence-electron chi connectivity index (χ3n) is 5.49. The van der Waals surface area contributed by atoms with Crippen LogP contribution < -0.4 is 10.6 Å². The van der Waals surface area contributed by atoms with E-state index in [0.29, 0.717) is 5.84 Å². The summed E-state index contributed by atoms with van der Waals surface area (Å²) >= 11 is 0. The van der Waals surface area contributed by atoms with Crippen molar-refractivity contribution in [2.45, 2.75) is 23.9 Å². The number of benzene rings is 1. The molecule has 0 radical (unpaired) electrons. The van der Waals surface area contributed by atoms with Gasteiger partial charge in [-0.15, -0.1) is 0 Å². The minimum absolute atomic E-state index is 0.0560. The van der Waals surface area contributed by atoms with Gasteiger partial charge in [0.25, 0.3) is 0 Å². The van der Waals surface area contributed by atoms with Crippen LogP contribution in [-0.2, 0) is 34.0 Å². The Labute approximate surface area is 160 Å². The molecular formula is C19H19N3O6. The molecule has 0 fully saturated rings. The zero-order valence-electron chi connectivity index (χ0n) is 15.6. The zero-order valence-corrected chi connectivity index (χ0v) is 15.6. The average Bonchev–Trinajstić information content (AvgIpc) is 3.27. The molecular weight excluding hydrogens is 366 g/mol. The van der Waals surface area contributed by atoms with Crippen LogP contribution in [0.5, 0.6) is 0 Å². The summed E-state index contributed by atoms with van der Waals surface area (Å²) in [4.78, 5) is 41.8. The molecule has 146 valence electrons. The van der Waals surface area contributed by atoms with Crippen molar-refractivity contribution in [2.75, 3.05) is 26.6 Å². The van der Waals surface area contributed by atoms with Crippen molar-refractivity contribution in [3.05, 3.63) is 41.1 Å². The number of anilines is 1. The number of hydrogen-bond acceptors (Lipinski definition) is 9. The number of methoxy groups -OCH3 is 3. The monoisotopic (exact) mass is 385 g/mol. The Morgan fingerprint density at radius 1 is 1.07 bits per heavy atom. The average molecular weight is 385 g/mol. The van der Waals surface area contributed by atoms with Crippen LogP contribution >= 0.6 is 0 Å². The van der Waals surface area contributed by atoms with Crippen molar-refractivity contribution in [2.24, 2.45) is 4.99 Å². The number of aliphatic imine (C=N–C) groups is 1. The van der Waals surface area contributed by atoms with Crippen LogP contribution in [0.15, 0.2) is 40.5 Å². The highest BCUT2D eigenvalue weighted by Crippen LogP contribution is 2.52. The summed E-state index contributed by atoms with van der Waals surface area (Å²) in [7, 11) is 3.76. The summed E-state index contributed by atoms with van der Waals surface area (Å²) in [6.07, 6.45) is 0.283. The molecule has 9 nitrogen and oxygen atoms in total. The van der Waals surface area contributed by atoms with E-state index in [1.807, 2.05) is 24.3 Å². The largest absolute Gasteiger partial charge is 0.467 e. The lowest BCUT2D eigenvalue weighted by molar-refractivity contribution is -0.142. The van der Waals surface area contributed by atoms with Crippen LogP contribution in [0.2, 0.25) is 0 Å². The first-order chi connectivity index (χ1) is 13.5. The first-order valence-electron chi connectivity index (χ1n) is 8.68. The molecule has 1 spiro atoms. The molecule has 0 aromatic heterocycles. The number of nitrogens with one attached hydrogen (secondary N) is 2. The summed E-state index contributed by atoms with van der Waals surface area (Å²) in [5.41, 5.74) is 0.883. The van der Waals surface area contributed by atoms with Gasteiger partial charge in [-0.25, -0.2) is 14.4 Å². The lowest BCUT2D eigenvalue weighted by Crippen LogP contribution is -2.57. The highest BCUT2D eigenvalue weighted by molar-refractivity contribution is 6.14. The van der Waals surface area contributed by atoms with Gasteiger partial charge in [0.15, 0.2) is 6.04 Å². The van der Waals surface area contributed by atoms with Gasteiger partial charge in [-0.1, -0.05) is 18.2 Å². The Kier molecular flexibility index (Phi) is 4.10. The smallest absolute Gasteiger partial charge is 0.355 e. The molecule has 3 atom stereocenters. The van der Waals surface area contributed by atoms with Crippen molar-refractivity contribution in [3.63, 3.8) is 0 Å². The second-order valence-corrected chi connectivity index (χ2v) is 6.71. The molecule has 3 aliphatic rings. The summed E-state index contributed by atoms with van der Waals surface area (Å²) in [5, 5.41) is 6.26. The second kappa shape index (κ2) is 6.36. The molecule has 0 aliphatic carbocycles. The molecule has 0 saturated heterocycles. The molecule has 28 heavy (non-hydrogen) atoms. The number of amidine groups is 1. The van der Waals surface area contributed by atoms with Crippen LogP contribution in [0.1, 0.15) is 12.0 Å². The van der Waals surface area contributed by atoms with Gasteiger partial charge in [-0.3, -0.25) is 4.99 Å². The maximum absolute atomic E-state index is 12.6. The first kappa shape index (κ1) is 18.0. The van der Waals surface area contributed by atoms with Crippen molar-refractivity contribution in [3.8, 4) is 0 Å². The SMILES string of the molecule is COC(=O)C1=C(C(=O)OC)C2Nc3ccccc3[C@@]23CC(C(=O)OC)N=C3N1. The fourth-order valence-corrected chi connectivity index (χ4v) is 4.30. The van der Waals surface area contributed by atoms with Crippen LogP contribution in [0.4, 0.5) is 5.69 Å². The number of fused-ring (bicyclic) bond motifs is 1. The van der Waals surface area contributed by atoms with Gasteiger partial charge >= 0.3 is 17.9 Å². The molecule has 2 N–H and O–H groups in total. The Morgan fingerprint density at radius 2 is 1.79 bits per heavy atom. The molecule has 1 aromatic rings. The number of esters is 3. The molecule has 0 amide bonds. The van der Waals surface area contributed by atoms with Gasteiger partial charge in [0, 0.05) is 5.69 Å². The fourth-order valence-electron chi connectivity index (χ4n) is 4.30. The van der Waals surface area contributed by atoms with Crippen molar-refractivity contribution < 1.29 is 28.6 Å². The Bertz CT molecular complexity index is 953. The lowest BCUT2D eigenvalue weighted by atomic mass is 9.68. The second-order valence-electron chi connectivity index (χ2n) is 6.71. The van der Waals surface area contributed by atoms with E-state index in [2.05, 4.69) is 15.6 Å². The third-order valence-corrected chi connectivity index (χ3v) is 5.49. The van der Waals surface area contributed by atoms with E-state index in [0.717, 1.165) is 11.3 Å². The van der Waals surface area contributed by atoms with Gasteiger partial charge in [-0.2, -0.15) is 0 Å². The molecule has 3 aliphatic heterocycles. The van der Waals surface area contributed by atoms with E-state index >= 15 is 0 Å². The highest BCUT2D eigenvalue weighted by Gasteiger charge is 2.61. The molecule has 0 bridgehead atoms. The van der Waals surface area contributed by atoms with E-state index in [1.54, 1.807) is 0 Å². The van der Waals surface area contributed by atoms with Crippen molar-refractivity contribution in [1.82, 2.24) is 5.32 Å². The number of rotatable bonds is 3. The van der Waals surface area contributed by atoms with Crippen molar-refractivity contribution in [1.29, 1.82) is 0 Å².